The van der Waals surface area contributed by atoms with Crippen LogP contribution < -0.4 is 10.5 Å². The lowest BCUT2D eigenvalue weighted by Crippen LogP contribution is -2.33. The number of hydrogen-bond donors (Lipinski definition) is 2. The molecule has 1 aliphatic carbocycles. The molecule has 0 bridgehead atoms. The summed E-state index contributed by atoms with van der Waals surface area (Å²) in [6.07, 6.45) is 2.47. The van der Waals surface area contributed by atoms with E-state index in [2.05, 4.69) is 4.72 Å². The summed E-state index contributed by atoms with van der Waals surface area (Å²) in [7, 11) is -1.92. The molecule has 19 heavy (non-hydrogen) atoms. The van der Waals surface area contributed by atoms with Crippen molar-refractivity contribution in [1.82, 2.24) is 4.72 Å². The molecule has 0 saturated heterocycles. The van der Waals surface area contributed by atoms with E-state index in [0.717, 1.165) is 12.8 Å². The molecule has 1 aliphatic rings. The lowest BCUT2D eigenvalue weighted by atomic mass is 10.3. The minimum Gasteiger partial charge on any atom is -0.398 e. The number of benzene rings is 1. The molecule has 7 heteroatoms. The molecule has 1 fully saturated rings. The molecule has 2 unspecified atom stereocenters. The maximum Gasteiger partial charge on any atom is 0.240 e. The monoisotopic (exact) mass is 304 g/mol. The summed E-state index contributed by atoms with van der Waals surface area (Å²) in [6, 6.07) is 4.21. The first kappa shape index (κ1) is 14.6. The molecule has 0 amide bonds. The van der Waals surface area contributed by atoms with Crippen molar-refractivity contribution in [2.45, 2.75) is 36.3 Å². The van der Waals surface area contributed by atoms with Gasteiger partial charge in [0.05, 0.1) is 21.7 Å². The van der Waals surface area contributed by atoms with Gasteiger partial charge in [0, 0.05) is 13.2 Å². The van der Waals surface area contributed by atoms with Gasteiger partial charge in [0.15, 0.2) is 0 Å². The van der Waals surface area contributed by atoms with Gasteiger partial charge in [-0.15, -0.1) is 0 Å². The molecular weight excluding hydrogens is 288 g/mol. The predicted molar refractivity (Wildman–Crippen MR) is 74.6 cm³/mol. The van der Waals surface area contributed by atoms with Crippen LogP contribution >= 0.6 is 11.6 Å². The van der Waals surface area contributed by atoms with Crippen molar-refractivity contribution in [2.24, 2.45) is 0 Å². The number of sulfonamides is 1. The molecule has 0 spiro atoms. The third-order valence-corrected chi connectivity index (χ3v) is 5.17. The van der Waals surface area contributed by atoms with Gasteiger partial charge < -0.3 is 10.5 Å². The Morgan fingerprint density at radius 2 is 2.16 bits per heavy atom. The van der Waals surface area contributed by atoms with Crippen molar-refractivity contribution in [1.29, 1.82) is 0 Å². The highest BCUT2D eigenvalue weighted by Crippen LogP contribution is 2.25. The zero-order chi connectivity index (χ0) is 14.0. The fraction of sp³-hybridized carbons (Fsp3) is 0.500. The number of rotatable bonds is 4. The predicted octanol–water partition coefficient (Wildman–Crippen LogP) is 1.77. The van der Waals surface area contributed by atoms with E-state index in [9.17, 15) is 8.42 Å². The van der Waals surface area contributed by atoms with Gasteiger partial charge in [0.2, 0.25) is 10.0 Å². The molecule has 2 rings (SSSR count). The van der Waals surface area contributed by atoms with Crippen LogP contribution in [-0.2, 0) is 14.8 Å². The van der Waals surface area contributed by atoms with Crippen molar-refractivity contribution in [3.8, 4) is 0 Å². The average Bonchev–Trinajstić information content (AvgIpc) is 2.79. The first-order chi connectivity index (χ1) is 8.92. The van der Waals surface area contributed by atoms with Crippen molar-refractivity contribution in [3.05, 3.63) is 23.2 Å². The van der Waals surface area contributed by atoms with Crippen LogP contribution in [0.15, 0.2) is 23.1 Å². The standard InChI is InChI=1S/C12H17ClN2O3S/c1-18-9-3-2-8(6-9)15-19(16,17)10-4-5-12(14)11(13)7-10/h4-5,7-9,15H,2-3,6,14H2,1H3. The minimum atomic E-state index is -3.56. The Morgan fingerprint density at radius 1 is 1.42 bits per heavy atom. The van der Waals surface area contributed by atoms with Gasteiger partial charge >= 0.3 is 0 Å². The van der Waals surface area contributed by atoms with Crippen molar-refractivity contribution in [3.63, 3.8) is 0 Å². The largest absolute Gasteiger partial charge is 0.398 e. The van der Waals surface area contributed by atoms with E-state index < -0.39 is 10.0 Å². The van der Waals surface area contributed by atoms with Crippen LogP contribution in [0.3, 0.4) is 0 Å². The van der Waals surface area contributed by atoms with Crippen LogP contribution in [0.4, 0.5) is 5.69 Å². The number of ether oxygens (including phenoxy) is 1. The summed E-state index contributed by atoms with van der Waals surface area (Å²) in [5.74, 6) is 0. The summed E-state index contributed by atoms with van der Waals surface area (Å²) in [6.45, 7) is 0. The Morgan fingerprint density at radius 3 is 2.74 bits per heavy atom. The smallest absolute Gasteiger partial charge is 0.240 e. The third kappa shape index (κ3) is 3.39. The fourth-order valence-corrected chi connectivity index (χ4v) is 3.78. The molecule has 0 aliphatic heterocycles. The van der Waals surface area contributed by atoms with Gasteiger partial charge in [0.25, 0.3) is 0 Å². The first-order valence-corrected chi connectivity index (χ1v) is 7.88. The SMILES string of the molecule is COC1CCC(NS(=O)(=O)c2ccc(N)c(Cl)c2)C1. The van der Waals surface area contributed by atoms with Gasteiger partial charge in [-0.2, -0.15) is 0 Å². The second-order valence-electron chi connectivity index (χ2n) is 4.67. The molecule has 1 aromatic carbocycles. The number of nitrogen functional groups attached to an aromatic ring is 1. The quantitative estimate of drug-likeness (QED) is 0.831. The van der Waals surface area contributed by atoms with Crippen LogP contribution in [-0.4, -0.2) is 27.7 Å². The lowest BCUT2D eigenvalue weighted by Gasteiger charge is -2.13. The number of halogens is 1. The Labute approximate surface area is 118 Å². The van der Waals surface area contributed by atoms with Gasteiger partial charge in [-0.05, 0) is 37.5 Å². The van der Waals surface area contributed by atoms with Crippen LogP contribution in [0.5, 0.6) is 0 Å². The molecule has 106 valence electrons. The van der Waals surface area contributed by atoms with Crippen molar-refractivity contribution in [2.75, 3.05) is 12.8 Å². The Kier molecular flexibility index (Phi) is 4.35. The maximum atomic E-state index is 12.2. The number of anilines is 1. The van der Waals surface area contributed by atoms with Crippen LogP contribution in [0.1, 0.15) is 19.3 Å². The minimum absolute atomic E-state index is 0.0914. The normalized spacial score (nSPS) is 23.7. The van der Waals surface area contributed by atoms with E-state index in [1.54, 1.807) is 7.11 Å². The van der Waals surface area contributed by atoms with Crippen LogP contribution in [0, 0.1) is 0 Å². The number of nitrogens with two attached hydrogens (primary N) is 1. The molecule has 1 saturated carbocycles. The molecule has 0 radical (unpaired) electrons. The van der Waals surface area contributed by atoms with Gasteiger partial charge in [0.1, 0.15) is 0 Å². The van der Waals surface area contributed by atoms with E-state index in [0.29, 0.717) is 12.1 Å². The highest BCUT2D eigenvalue weighted by atomic mass is 35.5. The molecule has 0 aromatic heterocycles. The molecule has 3 N–H and O–H groups in total. The van der Waals surface area contributed by atoms with Gasteiger partial charge in [-0.3, -0.25) is 0 Å². The van der Waals surface area contributed by atoms with E-state index in [1.165, 1.54) is 18.2 Å². The molecule has 5 nitrogen and oxygen atoms in total. The second kappa shape index (κ2) is 5.66. The van der Waals surface area contributed by atoms with Crippen LogP contribution in [0.25, 0.3) is 0 Å². The maximum absolute atomic E-state index is 12.2. The highest BCUT2D eigenvalue weighted by molar-refractivity contribution is 7.89. The summed E-state index contributed by atoms with van der Waals surface area (Å²) in [5.41, 5.74) is 5.93. The van der Waals surface area contributed by atoms with E-state index in [4.69, 9.17) is 22.1 Å². The molecule has 2 atom stereocenters. The molecule has 0 heterocycles. The van der Waals surface area contributed by atoms with Gasteiger partial charge in [-0.1, -0.05) is 11.6 Å². The summed E-state index contributed by atoms with van der Waals surface area (Å²) in [4.78, 5) is 0.132. The van der Waals surface area contributed by atoms with Gasteiger partial charge in [-0.25, -0.2) is 13.1 Å². The van der Waals surface area contributed by atoms with Crippen LogP contribution in [0.2, 0.25) is 5.02 Å². The lowest BCUT2D eigenvalue weighted by molar-refractivity contribution is 0.107. The Balaban J connectivity index is 2.12. The summed E-state index contributed by atoms with van der Waals surface area (Å²) in [5, 5.41) is 0.240. The Hall–Kier alpha value is -0.820. The van der Waals surface area contributed by atoms with Crippen molar-refractivity contribution >= 4 is 27.3 Å². The van der Waals surface area contributed by atoms with E-state index >= 15 is 0 Å². The first-order valence-electron chi connectivity index (χ1n) is 6.02. The van der Waals surface area contributed by atoms with E-state index in [-0.39, 0.29) is 22.1 Å². The number of methoxy groups -OCH3 is 1. The summed E-state index contributed by atoms with van der Waals surface area (Å²) >= 11 is 5.84. The van der Waals surface area contributed by atoms with Crippen molar-refractivity contribution < 1.29 is 13.2 Å². The zero-order valence-electron chi connectivity index (χ0n) is 10.6. The topological polar surface area (TPSA) is 81.4 Å². The Bertz CT molecular complexity index is 562. The number of nitrogens with one attached hydrogen (secondary N) is 1. The average molecular weight is 305 g/mol. The summed E-state index contributed by atoms with van der Waals surface area (Å²) < 4.78 is 32.3. The zero-order valence-corrected chi connectivity index (χ0v) is 12.2. The number of hydrogen-bond acceptors (Lipinski definition) is 4. The molecular formula is C12H17ClN2O3S. The van der Waals surface area contributed by atoms with E-state index in [1.807, 2.05) is 0 Å². The second-order valence-corrected chi connectivity index (χ2v) is 6.79. The highest BCUT2D eigenvalue weighted by Gasteiger charge is 2.28. The third-order valence-electron chi connectivity index (χ3n) is 3.32. The fourth-order valence-electron chi connectivity index (χ4n) is 2.22. The molecule has 1 aromatic rings.